The first kappa shape index (κ1) is 12.5. The molecule has 1 aromatic carbocycles. The van der Waals surface area contributed by atoms with Gasteiger partial charge in [-0.1, -0.05) is 11.6 Å². The predicted molar refractivity (Wildman–Crippen MR) is 74.3 cm³/mol. The van der Waals surface area contributed by atoms with E-state index < -0.39 is 0 Å². The molecule has 0 fully saturated rings. The first-order chi connectivity index (χ1) is 9.19. The number of nitrogens with two attached hydrogens (primary N) is 1. The van der Waals surface area contributed by atoms with Crippen LogP contribution in [0.25, 0.3) is 0 Å². The van der Waals surface area contributed by atoms with Crippen molar-refractivity contribution in [3.63, 3.8) is 0 Å². The van der Waals surface area contributed by atoms with Gasteiger partial charge in [-0.25, -0.2) is 4.98 Å². The zero-order chi connectivity index (χ0) is 13.4. The predicted octanol–water partition coefficient (Wildman–Crippen LogP) is 3.08. The molecule has 0 saturated heterocycles. The first-order valence-electron chi connectivity index (χ1n) is 6.40. The van der Waals surface area contributed by atoms with Crippen LogP contribution < -0.4 is 10.5 Å². The lowest BCUT2D eigenvalue weighted by Crippen LogP contribution is -2.25. The van der Waals surface area contributed by atoms with E-state index in [4.69, 9.17) is 22.1 Å². The number of imidazole rings is 1. The van der Waals surface area contributed by atoms with Crippen LogP contribution in [0.5, 0.6) is 5.75 Å². The topological polar surface area (TPSA) is 53.1 Å². The summed E-state index contributed by atoms with van der Waals surface area (Å²) in [5, 5.41) is 0.690. The van der Waals surface area contributed by atoms with Crippen molar-refractivity contribution in [2.24, 2.45) is 5.73 Å². The maximum absolute atomic E-state index is 6.23. The maximum Gasteiger partial charge on any atom is 0.142 e. The molecule has 4 nitrogen and oxygen atoms in total. The summed E-state index contributed by atoms with van der Waals surface area (Å²) in [7, 11) is 0. The van der Waals surface area contributed by atoms with Crippen molar-refractivity contribution in [3.05, 3.63) is 47.0 Å². The number of rotatable bonds is 2. The number of aryl methyl sites for hydroxylation is 1. The van der Waals surface area contributed by atoms with Crippen LogP contribution in [-0.4, -0.2) is 9.55 Å². The van der Waals surface area contributed by atoms with E-state index in [0.29, 0.717) is 5.02 Å². The minimum absolute atomic E-state index is 0.0499. The number of aromatic nitrogens is 2. The zero-order valence-electron chi connectivity index (χ0n) is 10.7. The number of halogens is 1. The molecule has 0 amide bonds. The molecule has 1 aliphatic rings. The molecule has 1 aromatic heterocycles. The van der Waals surface area contributed by atoms with Crippen molar-refractivity contribution >= 4 is 11.6 Å². The Morgan fingerprint density at radius 3 is 3.16 bits per heavy atom. The summed E-state index contributed by atoms with van der Waals surface area (Å²) < 4.78 is 8.13. The molecule has 3 rings (SSSR count). The molecule has 2 atom stereocenters. The summed E-state index contributed by atoms with van der Waals surface area (Å²) in [6.07, 6.45) is 4.36. The van der Waals surface area contributed by atoms with Crippen LogP contribution in [0.2, 0.25) is 5.02 Å². The third-order valence-electron chi connectivity index (χ3n) is 3.52. The first-order valence-corrected chi connectivity index (χ1v) is 6.78. The summed E-state index contributed by atoms with van der Waals surface area (Å²) in [6.45, 7) is 2.96. The highest BCUT2D eigenvalue weighted by Gasteiger charge is 2.29. The summed E-state index contributed by atoms with van der Waals surface area (Å²) in [4.78, 5) is 4.18. The largest absolute Gasteiger partial charge is 0.484 e. The van der Waals surface area contributed by atoms with Gasteiger partial charge in [0.05, 0.1) is 18.2 Å². The highest BCUT2D eigenvalue weighted by Crippen LogP contribution is 2.40. The van der Waals surface area contributed by atoms with Gasteiger partial charge in [0.2, 0.25) is 0 Å². The molecule has 2 unspecified atom stereocenters. The van der Waals surface area contributed by atoms with Crippen molar-refractivity contribution < 1.29 is 4.74 Å². The molecular weight excluding hydrogens is 262 g/mol. The van der Waals surface area contributed by atoms with Gasteiger partial charge in [-0.15, -0.1) is 0 Å². The van der Waals surface area contributed by atoms with Gasteiger partial charge >= 0.3 is 0 Å². The highest BCUT2D eigenvalue weighted by molar-refractivity contribution is 6.30. The van der Waals surface area contributed by atoms with Gasteiger partial charge in [0, 0.05) is 29.6 Å². The van der Waals surface area contributed by atoms with Crippen LogP contribution in [0.1, 0.15) is 36.7 Å². The molecule has 0 saturated carbocycles. The summed E-state index contributed by atoms with van der Waals surface area (Å²) in [6, 6.07) is 5.53. The van der Waals surface area contributed by atoms with Gasteiger partial charge < -0.3 is 15.0 Å². The van der Waals surface area contributed by atoms with E-state index in [-0.39, 0.29) is 12.1 Å². The number of hydrogen-bond acceptors (Lipinski definition) is 3. The second-order valence-corrected chi connectivity index (χ2v) is 5.17. The number of nitrogens with zero attached hydrogens (tertiary/aromatic N) is 2. The number of ether oxygens (including phenoxy) is 1. The number of fused-ring (bicyclic) bond motifs is 1. The van der Waals surface area contributed by atoms with E-state index in [2.05, 4.69) is 16.5 Å². The highest BCUT2D eigenvalue weighted by atomic mass is 35.5. The van der Waals surface area contributed by atoms with Crippen LogP contribution in [0.4, 0.5) is 0 Å². The van der Waals surface area contributed by atoms with Crippen LogP contribution in [0.3, 0.4) is 0 Å². The zero-order valence-corrected chi connectivity index (χ0v) is 11.5. The maximum atomic E-state index is 6.23. The Morgan fingerprint density at radius 1 is 1.53 bits per heavy atom. The number of benzene rings is 1. The molecule has 0 radical (unpaired) electrons. The van der Waals surface area contributed by atoms with Crippen LogP contribution in [0, 0.1) is 0 Å². The van der Waals surface area contributed by atoms with Gasteiger partial charge in [-0.05, 0) is 25.1 Å². The summed E-state index contributed by atoms with van der Waals surface area (Å²) in [5.41, 5.74) is 8.28. The minimum Gasteiger partial charge on any atom is -0.484 e. The average molecular weight is 278 g/mol. The molecule has 0 spiro atoms. The second kappa shape index (κ2) is 4.87. The monoisotopic (exact) mass is 277 g/mol. The van der Waals surface area contributed by atoms with Crippen molar-refractivity contribution in [3.8, 4) is 5.75 Å². The molecule has 100 valence electrons. The van der Waals surface area contributed by atoms with Crippen molar-refractivity contribution in [2.45, 2.75) is 32.0 Å². The van der Waals surface area contributed by atoms with E-state index in [1.165, 1.54) is 0 Å². The third-order valence-corrected chi connectivity index (χ3v) is 3.76. The smallest absolute Gasteiger partial charge is 0.142 e. The standard InChI is InChI=1S/C14H16ClN3O/c1-2-18-8-17-7-12(18)14-6-11(16)10-5-9(15)3-4-13(10)19-14/h3-5,7-8,11,14H,2,6,16H2,1H3. The lowest BCUT2D eigenvalue weighted by molar-refractivity contribution is 0.153. The SMILES string of the molecule is CCn1cncc1C1CC(N)c2cc(Cl)ccc2O1. The molecular formula is C14H16ClN3O. The average Bonchev–Trinajstić information content (AvgIpc) is 2.87. The van der Waals surface area contributed by atoms with E-state index in [1.54, 1.807) is 0 Å². The van der Waals surface area contributed by atoms with Gasteiger partial charge in [0.1, 0.15) is 11.9 Å². The molecule has 2 heterocycles. The van der Waals surface area contributed by atoms with Crippen LogP contribution >= 0.6 is 11.6 Å². The van der Waals surface area contributed by atoms with Crippen molar-refractivity contribution in [2.75, 3.05) is 0 Å². The Balaban J connectivity index is 1.95. The van der Waals surface area contributed by atoms with Crippen molar-refractivity contribution in [1.82, 2.24) is 9.55 Å². The fourth-order valence-corrected chi connectivity index (χ4v) is 2.70. The Hall–Kier alpha value is -1.52. The Kier molecular flexibility index (Phi) is 3.21. The minimum atomic E-state index is -0.0624. The normalized spacial score (nSPS) is 21.8. The van der Waals surface area contributed by atoms with E-state index in [9.17, 15) is 0 Å². The number of hydrogen-bond donors (Lipinski definition) is 1. The van der Waals surface area contributed by atoms with E-state index in [0.717, 1.165) is 30.0 Å². The lowest BCUT2D eigenvalue weighted by atomic mass is 9.96. The molecule has 2 aromatic rings. The van der Waals surface area contributed by atoms with Crippen molar-refractivity contribution in [1.29, 1.82) is 0 Å². The van der Waals surface area contributed by atoms with E-state index >= 15 is 0 Å². The second-order valence-electron chi connectivity index (χ2n) is 4.74. The van der Waals surface area contributed by atoms with Crippen LogP contribution in [-0.2, 0) is 6.54 Å². The molecule has 0 aliphatic carbocycles. The van der Waals surface area contributed by atoms with Crippen LogP contribution in [0.15, 0.2) is 30.7 Å². The third kappa shape index (κ3) is 2.22. The fraction of sp³-hybridized carbons (Fsp3) is 0.357. The molecule has 0 bridgehead atoms. The Morgan fingerprint density at radius 2 is 2.37 bits per heavy atom. The van der Waals surface area contributed by atoms with Gasteiger partial charge in [-0.3, -0.25) is 0 Å². The molecule has 1 aliphatic heterocycles. The summed E-state index contributed by atoms with van der Waals surface area (Å²) >= 11 is 6.00. The Bertz CT molecular complexity index is 596. The molecule has 5 heteroatoms. The Labute approximate surface area is 117 Å². The van der Waals surface area contributed by atoms with Gasteiger partial charge in [0.15, 0.2) is 0 Å². The molecule has 19 heavy (non-hydrogen) atoms. The summed E-state index contributed by atoms with van der Waals surface area (Å²) in [5.74, 6) is 0.817. The molecule has 2 N–H and O–H groups in total. The van der Waals surface area contributed by atoms with Gasteiger partial charge in [-0.2, -0.15) is 0 Å². The lowest BCUT2D eigenvalue weighted by Gasteiger charge is -2.30. The fourth-order valence-electron chi connectivity index (χ4n) is 2.52. The van der Waals surface area contributed by atoms with E-state index in [1.807, 2.05) is 30.7 Å². The van der Waals surface area contributed by atoms with Gasteiger partial charge in [0.25, 0.3) is 0 Å². The quantitative estimate of drug-likeness (QED) is 0.918.